The molecule has 7 heteroatoms. The van der Waals surface area contributed by atoms with Gasteiger partial charge < -0.3 is 10.6 Å². The van der Waals surface area contributed by atoms with Gasteiger partial charge in [-0.25, -0.2) is 9.78 Å². The molecule has 0 saturated carbocycles. The summed E-state index contributed by atoms with van der Waals surface area (Å²) in [6, 6.07) is 5.48. The van der Waals surface area contributed by atoms with Gasteiger partial charge in [0, 0.05) is 33.1 Å². The second-order valence-corrected chi connectivity index (χ2v) is 7.43. The quantitative estimate of drug-likeness (QED) is 0.745. The predicted molar refractivity (Wildman–Crippen MR) is 95.0 cm³/mol. The summed E-state index contributed by atoms with van der Waals surface area (Å²) in [5.41, 5.74) is 2.49. The molecule has 0 aliphatic rings. The number of thiophene rings is 1. The van der Waals surface area contributed by atoms with Crippen LogP contribution < -0.4 is 10.6 Å². The Labute approximate surface area is 142 Å². The van der Waals surface area contributed by atoms with Crippen LogP contribution in [0.1, 0.15) is 14.8 Å². The van der Waals surface area contributed by atoms with Gasteiger partial charge in [0.05, 0.1) is 22.9 Å². The Morgan fingerprint density at radius 3 is 2.87 bits per heavy atom. The molecule has 3 rings (SSSR count). The molecule has 0 saturated heterocycles. The number of carbonyl (C=O) groups excluding carboxylic acids is 1. The second kappa shape index (κ2) is 6.89. The molecule has 0 radical (unpaired) electrons. The van der Waals surface area contributed by atoms with Crippen molar-refractivity contribution in [2.45, 2.75) is 20.4 Å². The number of thiazole rings is 1. The summed E-state index contributed by atoms with van der Waals surface area (Å²) in [4.78, 5) is 22.9. The van der Waals surface area contributed by atoms with Gasteiger partial charge in [-0.15, -0.1) is 22.7 Å². The second-order valence-electron chi connectivity index (χ2n) is 5.00. The van der Waals surface area contributed by atoms with Gasteiger partial charge in [0.1, 0.15) is 0 Å². The molecule has 3 aromatic rings. The number of nitrogens with zero attached hydrogens (tertiary/aromatic N) is 2. The number of aromatic nitrogens is 2. The summed E-state index contributed by atoms with van der Waals surface area (Å²) >= 11 is 3.24. The number of nitrogens with one attached hydrogen (secondary N) is 2. The third-order valence-electron chi connectivity index (χ3n) is 3.15. The molecule has 3 heterocycles. The monoisotopic (exact) mass is 344 g/mol. The number of anilines is 1. The maximum atomic E-state index is 12.1. The molecule has 0 aliphatic carbocycles. The van der Waals surface area contributed by atoms with Crippen molar-refractivity contribution >= 4 is 34.4 Å². The number of amides is 2. The van der Waals surface area contributed by atoms with Gasteiger partial charge in [0.2, 0.25) is 0 Å². The molecule has 0 fully saturated rings. The maximum Gasteiger partial charge on any atom is 0.319 e. The van der Waals surface area contributed by atoms with Crippen molar-refractivity contribution < 1.29 is 4.79 Å². The number of urea groups is 1. The van der Waals surface area contributed by atoms with Crippen molar-refractivity contribution in [1.29, 1.82) is 0 Å². The van der Waals surface area contributed by atoms with E-state index in [1.165, 1.54) is 4.88 Å². The third kappa shape index (κ3) is 3.94. The molecule has 2 N–H and O–H groups in total. The Morgan fingerprint density at radius 2 is 2.17 bits per heavy atom. The van der Waals surface area contributed by atoms with E-state index in [9.17, 15) is 4.79 Å². The lowest BCUT2D eigenvalue weighted by molar-refractivity contribution is 0.252. The van der Waals surface area contributed by atoms with Crippen molar-refractivity contribution in [1.82, 2.24) is 15.3 Å². The zero-order valence-corrected chi connectivity index (χ0v) is 14.4. The third-order valence-corrected chi connectivity index (χ3v) is 4.93. The number of rotatable bonds is 4. The van der Waals surface area contributed by atoms with Crippen LogP contribution in [-0.4, -0.2) is 16.0 Å². The lowest BCUT2D eigenvalue weighted by Crippen LogP contribution is -2.28. The Bertz CT molecular complexity index is 825. The highest BCUT2D eigenvalue weighted by Gasteiger charge is 2.11. The highest BCUT2D eigenvalue weighted by atomic mass is 32.1. The summed E-state index contributed by atoms with van der Waals surface area (Å²) in [7, 11) is 0. The molecule has 0 aromatic carbocycles. The SMILES string of the molecule is Cc1cc(-c2ncccc2NC(=O)NCc2cnc(C)s2)cs1. The molecule has 0 aliphatic heterocycles. The van der Waals surface area contributed by atoms with Crippen LogP contribution in [0.3, 0.4) is 0 Å². The minimum atomic E-state index is -0.253. The van der Waals surface area contributed by atoms with Crippen LogP contribution in [0, 0.1) is 13.8 Å². The maximum absolute atomic E-state index is 12.1. The van der Waals surface area contributed by atoms with Gasteiger partial charge in [-0.05, 0) is 32.0 Å². The molecule has 23 heavy (non-hydrogen) atoms. The van der Waals surface area contributed by atoms with Gasteiger partial charge in [0.15, 0.2) is 0 Å². The zero-order valence-electron chi connectivity index (χ0n) is 12.8. The number of pyridine rings is 1. The highest BCUT2D eigenvalue weighted by molar-refractivity contribution is 7.11. The van der Waals surface area contributed by atoms with E-state index in [2.05, 4.69) is 26.7 Å². The molecule has 3 aromatic heterocycles. The van der Waals surface area contributed by atoms with E-state index in [1.807, 2.05) is 31.4 Å². The highest BCUT2D eigenvalue weighted by Crippen LogP contribution is 2.29. The summed E-state index contributed by atoms with van der Waals surface area (Å²) in [6.45, 7) is 4.46. The molecule has 0 atom stereocenters. The Kier molecular flexibility index (Phi) is 4.68. The average Bonchev–Trinajstić information content (AvgIpc) is 3.14. The molecule has 118 valence electrons. The molecule has 0 spiro atoms. The van der Waals surface area contributed by atoms with Crippen LogP contribution >= 0.6 is 22.7 Å². The van der Waals surface area contributed by atoms with Crippen molar-refractivity contribution in [2.24, 2.45) is 0 Å². The summed E-state index contributed by atoms with van der Waals surface area (Å²) < 4.78 is 0. The van der Waals surface area contributed by atoms with E-state index >= 15 is 0 Å². The Morgan fingerprint density at radius 1 is 1.30 bits per heavy atom. The fourth-order valence-electron chi connectivity index (χ4n) is 2.12. The lowest BCUT2D eigenvalue weighted by atomic mass is 10.2. The van der Waals surface area contributed by atoms with E-state index in [1.54, 1.807) is 35.1 Å². The molecular formula is C16H16N4OS2. The lowest BCUT2D eigenvalue weighted by Gasteiger charge is -2.10. The first-order valence-corrected chi connectivity index (χ1v) is 8.78. The first-order chi connectivity index (χ1) is 11.1. The minimum absolute atomic E-state index is 0.253. The molecule has 0 bridgehead atoms. The zero-order chi connectivity index (χ0) is 16.2. The van der Waals surface area contributed by atoms with E-state index < -0.39 is 0 Å². The van der Waals surface area contributed by atoms with Gasteiger partial charge in [-0.1, -0.05) is 0 Å². The number of aryl methyl sites for hydroxylation is 2. The molecular weight excluding hydrogens is 328 g/mol. The fourth-order valence-corrected chi connectivity index (χ4v) is 3.55. The Balaban J connectivity index is 1.69. The van der Waals surface area contributed by atoms with Crippen LogP contribution in [0.25, 0.3) is 11.3 Å². The van der Waals surface area contributed by atoms with Crippen LogP contribution in [0.4, 0.5) is 10.5 Å². The molecule has 0 unspecified atom stereocenters. The standard InChI is InChI=1S/C16H16N4OS2/c1-10-6-12(9-22-10)15-14(4-3-5-17-15)20-16(21)19-8-13-7-18-11(2)23-13/h3-7,9H,8H2,1-2H3,(H2,19,20,21). The number of carbonyl (C=O) groups is 1. The van der Waals surface area contributed by atoms with Crippen LogP contribution in [0.2, 0.25) is 0 Å². The normalized spacial score (nSPS) is 10.5. The number of hydrogen-bond acceptors (Lipinski definition) is 5. The van der Waals surface area contributed by atoms with Gasteiger partial charge in [-0.2, -0.15) is 0 Å². The topological polar surface area (TPSA) is 66.9 Å². The van der Waals surface area contributed by atoms with E-state index in [4.69, 9.17) is 0 Å². The van der Waals surface area contributed by atoms with Gasteiger partial charge in [0.25, 0.3) is 0 Å². The smallest absolute Gasteiger partial charge is 0.319 e. The largest absolute Gasteiger partial charge is 0.333 e. The fraction of sp³-hybridized carbons (Fsp3) is 0.188. The summed E-state index contributed by atoms with van der Waals surface area (Å²) in [6.07, 6.45) is 3.51. The minimum Gasteiger partial charge on any atom is -0.333 e. The van der Waals surface area contributed by atoms with E-state index in [-0.39, 0.29) is 6.03 Å². The number of hydrogen-bond donors (Lipinski definition) is 2. The molecule has 5 nitrogen and oxygen atoms in total. The Hall–Kier alpha value is -2.25. The average molecular weight is 344 g/mol. The van der Waals surface area contributed by atoms with Gasteiger partial charge in [-0.3, -0.25) is 4.98 Å². The first-order valence-electron chi connectivity index (χ1n) is 7.08. The first kappa shape index (κ1) is 15.6. The van der Waals surface area contributed by atoms with Crippen LogP contribution in [-0.2, 0) is 6.54 Å². The predicted octanol–water partition coefficient (Wildman–Crippen LogP) is 4.21. The van der Waals surface area contributed by atoms with Crippen molar-refractivity contribution in [3.05, 3.63) is 50.7 Å². The van der Waals surface area contributed by atoms with Crippen molar-refractivity contribution in [3.63, 3.8) is 0 Å². The van der Waals surface area contributed by atoms with Gasteiger partial charge >= 0.3 is 6.03 Å². The van der Waals surface area contributed by atoms with Crippen molar-refractivity contribution in [2.75, 3.05) is 5.32 Å². The molecule has 2 amide bonds. The summed E-state index contributed by atoms with van der Waals surface area (Å²) in [5, 5.41) is 8.74. The van der Waals surface area contributed by atoms with Crippen LogP contribution in [0.15, 0.2) is 36.0 Å². The van der Waals surface area contributed by atoms with E-state index in [0.717, 1.165) is 21.1 Å². The van der Waals surface area contributed by atoms with Crippen LogP contribution in [0.5, 0.6) is 0 Å². The summed E-state index contributed by atoms with van der Waals surface area (Å²) in [5.74, 6) is 0. The van der Waals surface area contributed by atoms with Crippen molar-refractivity contribution in [3.8, 4) is 11.3 Å². The van der Waals surface area contributed by atoms with E-state index in [0.29, 0.717) is 12.2 Å².